The predicted octanol–water partition coefficient (Wildman–Crippen LogP) is 2.70. The summed E-state index contributed by atoms with van der Waals surface area (Å²) >= 11 is 11.1. The first kappa shape index (κ1) is 10.5. The molecule has 0 fully saturated rings. The largest absolute Gasteiger partial charge is 0.330 e. The molecule has 0 atom stereocenters. The van der Waals surface area contributed by atoms with Crippen molar-refractivity contribution in [1.29, 1.82) is 0 Å². The van der Waals surface area contributed by atoms with E-state index in [1.54, 1.807) is 0 Å². The molecule has 62 valence electrons. The molecule has 0 saturated carbocycles. The van der Waals surface area contributed by atoms with Crippen LogP contribution in [0.25, 0.3) is 0 Å². The highest BCUT2D eigenvalue weighted by Crippen LogP contribution is 2.12. The van der Waals surface area contributed by atoms with Gasteiger partial charge in [-0.15, -0.1) is 23.2 Å². The predicted molar refractivity (Wildman–Crippen MR) is 47.6 cm³/mol. The maximum absolute atomic E-state index is 5.53. The van der Waals surface area contributed by atoms with E-state index >= 15 is 0 Å². The molecular weight excluding hydrogens is 169 g/mol. The first-order chi connectivity index (χ1) is 4.77. The lowest BCUT2D eigenvalue weighted by Gasteiger charge is -1.99. The van der Waals surface area contributed by atoms with E-state index in [-0.39, 0.29) is 4.84 Å². The van der Waals surface area contributed by atoms with E-state index in [9.17, 15) is 0 Å². The Morgan fingerprint density at radius 3 is 2.10 bits per heavy atom. The normalized spacial score (nSPS) is 10.8. The van der Waals surface area contributed by atoms with Crippen molar-refractivity contribution < 1.29 is 0 Å². The van der Waals surface area contributed by atoms with Crippen molar-refractivity contribution in [2.24, 2.45) is 5.73 Å². The molecule has 0 rings (SSSR count). The number of halogens is 2. The molecule has 0 aromatic carbocycles. The van der Waals surface area contributed by atoms with Crippen LogP contribution in [0.5, 0.6) is 0 Å². The van der Waals surface area contributed by atoms with Gasteiger partial charge in [-0.05, 0) is 19.4 Å². The Labute approximate surface area is 72.9 Å². The molecule has 0 amide bonds. The molecule has 0 radical (unpaired) electrons. The fourth-order valence-corrected chi connectivity index (χ4v) is 1.11. The van der Waals surface area contributed by atoms with Crippen LogP contribution in [0.4, 0.5) is 0 Å². The van der Waals surface area contributed by atoms with Crippen LogP contribution in [-0.2, 0) is 0 Å². The summed E-state index contributed by atoms with van der Waals surface area (Å²) in [6.07, 6.45) is 5.56. The van der Waals surface area contributed by atoms with Gasteiger partial charge in [0.05, 0.1) is 0 Å². The summed E-state index contributed by atoms with van der Waals surface area (Å²) in [6, 6.07) is 0. The summed E-state index contributed by atoms with van der Waals surface area (Å²) in [4.78, 5) is -0.183. The lowest BCUT2D eigenvalue weighted by atomic mass is 10.1. The molecule has 2 N–H and O–H groups in total. The third kappa shape index (κ3) is 8.54. The maximum Gasteiger partial charge on any atom is 0.107 e. The van der Waals surface area contributed by atoms with E-state index in [2.05, 4.69) is 0 Å². The van der Waals surface area contributed by atoms with Crippen molar-refractivity contribution in [2.45, 2.75) is 36.9 Å². The van der Waals surface area contributed by atoms with Gasteiger partial charge in [-0.3, -0.25) is 0 Å². The van der Waals surface area contributed by atoms with E-state index in [0.29, 0.717) is 0 Å². The molecule has 0 heterocycles. The third-order valence-electron chi connectivity index (χ3n) is 1.38. The van der Waals surface area contributed by atoms with E-state index in [1.807, 2.05) is 0 Å². The zero-order valence-electron chi connectivity index (χ0n) is 6.15. The Kier molecular flexibility index (Phi) is 8.06. The lowest BCUT2D eigenvalue weighted by Crippen LogP contribution is -1.97. The number of rotatable bonds is 6. The summed E-state index contributed by atoms with van der Waals surface area (Å²) in [5.41, 5.74) is 5.32. The molecule has 0 aliphatic rings. The van der Waals surface area contributed by atoms with E-state index in [1.165, 1.54) is 12.8 Å². The third-order valence-corrected chi connectivity index (χ3v) is 1.81. The van der Waals surface area contributed by atoms with Gasteiger partial charge in [0.1, 0.15) is 4.84 Å². The molecule has 0 aromatic heterocycles. The van der Waals surface area contributed by atoms with Crippen molar-refractivity contribution in [2.75, 3.05) is 6.54 Å². The summed E-state index contributed by atoms with van der Waals surface area (Å²) in [5.74, 6) is 0. The highest BCUT2D eigenvalue weighted by Gasteiger charge is 1.96. The van der Waals surface area contributed by atoms with E-state index in [4.69, 9.17) is 28.9 Å². The van der Waals surface area contributed by atoms with E-state index in [0.717, 1.165) is 25.8 Å². The highest BCUT2D eigenvalue weighted by atomic mass is 35.5. The fraction of sp³-hybridized carbons (Fsp3) is 1.00. The van der Waals surface area contributed by atoms with Crippen molar-refractivity contribution in [3.05, 3.63) is 0 Å². The fourth-order valence-electron chi connectivity index (χ4n) is 0.797. The Morgan fingerprint density at radius 2 is 1.60 bits per heavy atom. The van der Waals surface area contributed by atoms with Crippen LogP contribution in [0, 0.1) is 0 Å². The summed E-state index contributed by atoms with van der Waals surface area (Å²) in [6.45, 7) is 0.797. The Morgan fingerprint density at radius 1 is 1.00 bits per heavy atom. The van der Waals surface area contributed by atoms with Gasteiger partial charge in [-0.1, -0.05) is 19.3 Å². The SMILES string of the molecule is NCCCCCCC(Cl)Cl. The summed E-state index contributed by atoms with van der Waals surface area (Å²) in [5, 5.41) is 0. The van der Waals surface area contributed by atoms with Crippen molar-refractivity contribution >= 4 is 23.2 Å². The van der Waals surface area contributed by atoms with Gasteiger partial charge >= 0.3 is 0 Å². The lowest BCUT2D eigenvalue weighted by molar-refractivity contribution is 0.633. The molecule has 0 aliphatic heterocycles. The molecule has 3 heteroatoms. The summed E-state index contributed by atoms with van der Waals surface area (Å²) < 4.78 is 0. The second kappa shape index (κ2) is 7.64. The van der Waals surface area contributed by atoms with Gasteiger partial charge in [0.25, 0.3) is 0 Å². The van der Waals surface area contributed by atoms with Crippen LogP contribution in [0.3, 0.4) is 0 Å². The van der Waals surface area contributed by atoms with Gasteiger partial charge < -0.3 is 5.73 Å². The van der Waals surface area contributed by atoms with Gasteiger partial charge in [0, 0.05) is 0 Å². The van der Waals surface area contributed by atoms with Crippen molar-refractivity contribution in [1.82, 2.24) is 0 Å². The first-order valence-corrected chi connectivity index (χ1v) is 4.63. The van der Waals surface area contributed by atoms with Crippen LogP contribution < -0.4 is 5.73 Å². The molecule has 1 nitrogen and oxygen atoms in total. The molecule has 0 spiro atoms. The van der Waals surface area contributed by atoms with Crippen LogP contribution in [0.1, 0.15) is 32.1 Å². The number of unbranched alkanes of at least 4 members (excludes halogenated alkanes) is 3. The van der Waals surface area contributed by atoms with Crippen molar-refractivity contribution in [3.63, 3.8) is 0 Å². The maximum atomic E-state index is 5.53. The number of hydrogen-bond donors (Lipinski definition) is 1. The minimum atomic E-state index is -0.183. The Balaban J connectivity index is 2.77. The molecule has 0 aliphatic carbocycles. The molecule has 0 bridgehead atoms. The molecule has 10 heavy (non-hydrogen) atoms. The molecule has 0 aromatic rings. The van der Waals surface area contributed by atoms with Gasteiger partial charge in [-0.25, -0.2) is 0 Å². The average molecular weight is 184 g/mol. The molecule has 0 unspecified atom stereocenters. The Bertz CT molecular complexity index is 66.6. The minimum Gasteiger partial charge on any atom is -0.330 e. The zero-order valence-corrected chi connectivity index (χ0v) is 7.67. The van der Waals surface area contributed by atoms with Crippen LogP contribution in [-0.4, -0.2) is 11.4 Å². The standard InChI is InChI=1S/C7H15Cl2N/c8-7(9)5-3-1-2-4-6-10/h7H,1-6,10H2. The number of hydrogen-bond acceptors (Lipinski definition) is 1. The topological polar surface area (TPSA) is 26.0 Å². The number of nitrogens with two attached hydrogens (primary N) is 1. The summed E-state index contributed by atoms with van der Waals surface area (Å²) in [7, 11) is 0. The quantitative estimate of drug-likeness (QED) is 0.498. The Hall–Kier alpha value is 0.540. The molecule has 0 saturated heterocycles. The molecular formula is C7H15Cl2N. The average Bonchev–Trinajstić information content (AvgIpc) is 1.87. The monoisotopic (exact) mass is 183 g/mol. The van der Waals surface area contributed by atoms with E-state index < -0.39 is 0 Å². The zero-order chi connectivity index (χ0) is 7.82. The van der Waals surface area contributed by atoms with Crippen LogP contribution in [0.2, 0.25) is 0 Å². The number of alkyl halides is 2. The highest BCUT2D eigenvalue weighted by molar-refractivity contribution is 6.44. The smallest absolute Gasteiger partial charge is 0.107 e. The second-order valence-corrected chi connectivity index (χ2v) is 3.66. The second-order valence-electron chi connectivity index (χ2n) is 2.38. The van der Waals surface area contributed by atoms with Gasteiger partial charge in [-0.2, -0.15) is 0 Å². The minimum absolute atomic E-state index is 0.183. The van der Waals surface area contributed by atoms with Crippen molar-refractivity contribution in [3.8, 4) is 0 Å². The first-order valence-electron chi connectivity index (χ1n) is 3.75. The van der Waals surface area contributed by atoms with Gasteiger partial charge in [0.15, 0.2) is 0 Å². The van der Waals surface area contributed by atoms with Gasteiger partial charge in [0.2, 0.25) is 0 Å². The van der Waals surface area contributed by atoms with Crippen LogP contribution >= 0.6 is 23.2 Å². The van der Waals surface area contributed by atoms with Crippen LogP contribution in [0.15, 0.2) is 0 Å².